The van der Waals surface area contributed by atoms with E-state index in [-0.39, 0.29) is 18.7 Å². The Kier molecular flexibility index (Phi) is 7.16. The van der Waals surface area contributed by atoms with Gasteiger partial charge in [-0.3, -0.25) is 0 Å². The second kappa shape index (κ2) is 9.34. The zero-order valence-corrected chi connectivity index (χ0v) is 14.5. The van der Waals surface area contributed by atoms with Crippen LogP contribution in [0.3, 0.4) is 0 Å². The molecule has 7 heteroatoms. The van der Waals surface area contributed by atoms with E-state index in [1.807, 2.05) is 6.92 Å². The number of aliphatic hydroxyl groups excluding tert-OH is 1. The molecule has 1 atom stereocenters. The van der Waals surface area contributed by atoms with Crippen LogP contribution in [0.1, 0.15) is 24.2 Å². The molecule has 4 nitrogen and oxygen atoms in total. The molecule has 0 radical (unpaired) electrons. The van der Waals surface area contributed by atoms with E-state index in [0.29, 0.717) is 23.1 Å². The van der Waals surface area contributed by atoms with Gasteiger partial charge in [0.15, 0.2) is 5.96 Å². The summed E-state index contributed by atoms with van der Waals surface area (Å²) in [6, 6.07) is 10.3. The highest BCUT2D eigenvalue weighted by Gasteiger charge is 2.12. The molecule has 3 N–H and O–H groups in total. The van der Waals surface area contributed by atoms with Crippen LogP contribution in [0.5, 0.6) is 0 Å². The van der Waals surface area contributed by atoms with E-state index in [4.69, 9.17) is 11.6 Å². The Hall–Kier alpha value is -2.18. The van der Waals surface area contributed by atoms with Crippen LogP contribution in [0.2, 0.25) is 5.02 Å². The minimum atomic E-state index is -0.830. The Bertz CT molecular complexity index is 740. The molecule has 0 aliphatic heterocycles. The lowest BCUT2D eigenvalue weighted by atomic mass is 10.1. The second-order valence-corrected chi connectivity index (χ2v) is 5.76. The predicted molar refractivity (Wildman–Crippen MR) is 95.6 cm³/mol. The lowest BCUT2D eigenvalue weighted by Crippen LogP contribution is -2.39. The fraction of sp³-hybridized carbons (Fsp3) is 0.278. The summed E-state index contributed by atoms with van der Waals surface area (Å²) in [7, 11) is 0. The van der Waals surface area contributed by atoms with Crippen molar-refractivity contribution in [2.24, 2.45) is 4.99 Å². The lowest BCUT2D eigenvalue weighted by molar-refractivity contribution is 0.181. The monoisotopic (exact) mass is 367 g/mol. The topological polar surface area (TPSA) is 56.7 Å². The van der Waals surface area contributed by atoms with Gasteiger partial charge >= 0.3 is 0 Å². The summed E-state index contributed by atoms with van der Waals surface area (Å²) in [6.45, 7) is 2.60. The highest BCUT2D eigenvalue weighted by Crippen LogP contribution is 2.21. The maximum absolute atomic E-state index is 13.7. The molecule has 1 unspecified atom stereocenters. The number of nitrogens with one attached hydrogen (secondary N) is 2. The van der Waals surface area contributed by atoms with Gasteiger partial charge in [0.2, 0.25) is 0 Å². The molecular weight excluding hydrogens is 348 g/mol. The molecule has 0 amide bonds. The molecule has 0 aliphatic carbocycles. The first-order valence-electron chi connectivity index (χ1n) is 7.90. The molecule has 25 heavy (non-hydrogen) atoms. The van der Waals surface area contributed by atoms with Crippen molar-refractivity contribution >= 4 is 17.6 Å². The number of nitrogens with zero attached hydrogens (tertiary/aromatic N) is 1. The van der Waals surface area contributed by atoms with Crippen LogP contribution >= 0.6 is 11.6 Å². The Morgan fingerprint density at radius 2 is 1.96 bits per heavy atom. The van der Waals surface area contributed by atoms with Crippen LogP contribution in [0, 0.1) is 11.6 Å². The molecule has 0 aliphatic rings. The first kappa shape index (κ1) is 19.1. The van der Waals surface area contributed by atoms with Gasteiger partial charge in [0.05, 0.1) is 12.6 Å². The number of aliphatic hydroxyl groups is 1. The van der Waals surface area contributed by atoms with Gasteiger partial charge in [-0.05, 0) is 31.2 Å². The molecule has 134 valence electrons. The summed E-state index contributed by atoms with van der Waals surface area (Å²) in [6.07, 6.45) is -0.830. The molecular formula is C18H20ClF2N3O. The third-order valence-corrected chi connectivity index (χ3v) is 3.83. The molecule has 0 fully saturated rings. The molecule has 0 saturated heterocycles. The second-order valence-electron chi connectivity index (χ2n) is 5.35. The Balaban J connectivity index is 2.02. The minimum absolute atomic E-state index is 0.0267. The Morgan fingerprint density at radius 1 is 1.20 bits per heavy atom. The van der Waals surface area contributed by atoms with Crippen molar-refractivity contribution < 1.29 is 13.9 Å². The molecule has 0 saturated carbocycles. The molecule has 0 aromatic heterocycles. The van der Waals surface area contributed by atoms with E-state index >= 15 is 0 Å². The largest absolute Gasteiger partial charge is 0.387 e. The smallest absolute Gasteiger partial charge is 0.191 e. The third kappa shape index (κ3) is 5.69. The first-order valence-corrected chi connectivity index (χ1v) is 8.27. The summed E-state index contributed by atoms with van der Waals surface area (Å²) in [5, 5.41) is 16.7. The van der Waals surface area contributed by atoms with Crippen molar-refractivity contribution in [2.75, 3.05) is 13.1 Å². The average Bonchev–Trinajstić information content (AvgIpc) is 2.60. The number of guanidine groups is 1. The van der Waals surface area contributed by atoms with Crippen molar-refractivity contribution in [1.82, 2.24) is 10.6 Å². The average molecular weight is 368 g/mol. The van der Waals surface area contributed by atoms with Crippen LogP contribution in [0.15, 0.2) is 47.5 Å². The lowest BCUT2D eigenvalue weighted by Gasteiger charge is -2.16. The van der Waals surface area contributed by atoms with Gasteiger partial charge in [-0.15, -0.1) is 0 Å². The standard InChI is InChI=1S/C18H20ClF2N3O/c1-2-22-18(23-10-12-9-13(20)7-8-16(12)21)24-11-17(25)14-5-3-4-6-15(14)19/h3-9,17,25H,2,10-11H2,1H3,(H2,22,23,24). The van der Waals surface area contributed by atoms with Crippen molar-refractivity contribution in [2.45, 2.75) is 19.6 Å². The summed E-state index contributed by atoms with van der Waals surface area (Å²) >= 11 is 6.06. The summed E-state index contributed by atoms with van der Waals surface area (Å²) in [4.78, 5) is 4.22. The number of hydrogen-bond donors (Lipinski definition) is 3. The zero-order valence-electron chi connectivity index (χ0n) is 13.8. The first-order chi connectivity index (χ1) is 12.0. The van der Waals surface area contributed by atoms with Crippen molar-refractivity contribution in [1.29, 1.82) is 0 Å². The van der Waals surface area contributed by atoms with Crippen molar-refractivity contribution in [3.8, 4) is 0 Å². The third-order valence-electron chi connectivity index (χ3n) is 3.49. The highest BCUT2D eigenvalue weighted by molar-refractivity contribution is 6.31. The van der Waals surface area contributed by atoms with E-state index in [1.54, 1.807) is 24.3 Å². The molecule has 2 aromatic rings. The molecule has 0 bridgehead atoms. The molecule has 0 heterocycles. The van der Waals surface area contributed by atoms with Crippen LogP contribution in [-0.4, -0.2) is 24.2 Å². The van der Waals surface area contributed by atoms with Crippen LogP contribution in [-0.2, 0) is 6.54 Å². The zero-order chi connectivity index (χ0) is 18.2. The van der Waals surface area contributed by atoms with Gasteiger partial charge in [0.25, 0.3) is 0 Å². The van der Waals surface area contributed by atoms with Gasteiger partial charge in [0.1, 0.15) is 11.6 Å². The fourth-order valence-electron chi connectivity index (χ4n) is 2.22. The molecule has 2 aromatic carbocycles. The summed E-state index contributed by atoms with van der Waals surface area (Å²) in [5.74, 6) is -0.645. The van der Waals surface area contributed by atoms with Gasteiger partial charge in [-0.25, -0.2) is 13.8 Å². The van der Waals surface area contributed by atoms with Crippen molar-refractivity contribution in [3.05, 3.63) is 70.2 Å². The fourth-order valence-corrected chi connectivity index (χ4v) is 2.48. The Morgan fingerprint density at radius 3 is 2.68 bits per heavy atom. The van der Waals surface area contributed by atoms with Crippen LogP contribution in [0.25, 0.3) is 0 Å². The minimum Gasteiger partial charge on any atom is -0.387 e. The van der Waals surface area contributed by atoms with Crippen molar-refractivity contribution in [3.63, 3.8) is 0 Å². The summed E-state index contributed by atoms with van der Waals surface area (Å²) < 4.78 is 26.9. The maximum Gasteiger partial charge on any atom is 0.191 e. The van der Waals surface area contributed by atoms with Gasteiger partial charge in [-0.1, -0.05) is 29.8 Å². The van der Waals surface area contributed by atoms with Crippen LogP contribution < -0.4 is 10.6 Å². The number of halogens is 3. The van der Waals surface area contributed by atoms with E-state index in [0.717, 1.165) is 18.2 Å². The van der Waals surface area contributed by atoms with Gasteiger partial charge in [0, 0.05) is 29.2 Å². The molecule has 0 spiro atoms. The number of benzene rings is 2. The number of rotatable bonds is 6. The normalized spacial score (nSPS) is 12.8. The highest BCUT2D eigenvalue weighted by atomic mass is 35.5. The van der Waals surface area contributed by atoms with E-state index in [1.165, 1.54) is 0 Å². The molecule has 2 rings (SSSR count). The summed E-state index contributed by atoms with van der Waals surface area (Å²) in [5.41, 5.74) is 0.757. The van der Waals surface area contributed by atoms with E-state index in [9.17, 15) is 13.9 Å². The number of aliphatic imine (C=N–C) groups is 1. The number of hydrogen-bond acceptors (Lipinski definition) is 2. The van der Waals surface area contributed by atoms with E-state index < -0.39 is 17.7 Å². The maximum atomic E-state index is 13.7. The SMILES string of the molecule is CCNC(=NCc1cc(F)ccc1F)NCC(O)c1ccccc1Cl. The Labute approximate surface area is 150 Å². The van der Waals surface area contributed by atoms with E-state index in [2.05, 4.69) is 15.6 Å². The van der Waals surface area contributed by atoms with Gasteiger partial charge < -0.3 is 15.7 Å². The predicted octanol–water partition coefficient (Wildman–Crippen LogP) is 3.41. The van der Waals surface area contributed by atoms with Gasteiger partial charge in [-0.2, -0.15) is 0 Å². The quantitative estimate of drug-likeness (QED) is 0.541. The van der Waals surface area contributed by atoms with Crippen LogP contribution in [0.4, 0.5) is 8.78 Å².